The Kier molecular flexibility index (Phi) is 5.33. The van der Waals surface area contributed by atoms with Gasteiger partial charge in [-0.1, -0.05) is 5.16 Å². The molecule has 0 bridgehead atoms. The number of nitrogens with one attached hydrogen (secondary N) is 1. The minimum absolute atomic E-state index is 0.0238. The Balaban J connectivity index is 1.48. The highest BCUT2D eigenvalue weighted by atomic mass is 19.1. The van der Waals surface area contributed by atoms with Crippen LogP contribution in [-0.2, 0) is 11.3 Å². The Morgan fingerprint density at radius 1 is 1.28 bits per heavy atom. The fraction of sp³-hybridized carbons (Fsp3) is 0.444. The van der Waals surface area contributed by atoms with E-state index in [4.69, 9.17) is 4.52 Å². The maximum Gasteiger partial charge on any atom is 0.237 e. The van der Waals surface area contributed by atoms with Gasteiger partial charge in [0.15, 0.2) is 5.76 Å². The van der Waals surface area contributed by atoms with E-state index in [0.717, 1.165) is 37.6 Å². The maximum absolute atomic E-state index is 13.0. The van der Waals surface area contributed by atoms with Gasteiger partial charge in [0, 0.05) is 37.9 Å². The van der Waals surface area contributed by atoms with Crippen LogP contribution in [-0.4, -0.2) is 48.2 Å². The summed E-state index contributed by atoms with van der Waals surface area (Å²) in [6.45, 7) is 7.29. The SMILES string of the molecule is Cc1cc(CNC(=O)[C@H](C)N2CCN(c3ccc(F)cc3)CC2)on1. The molecule has 6 nitrogen and oxygen atoms in total. The van der Waals surface area contributed by atoms with E-state index in [1.807, 2.05) is 19.9 Å². The number of carbonyl (C=O) groups excluding carboxylic acids is 1. The molecule has 7 heteroatoms. The zero-order valence-corrected chi connectivity index (χ0v) is 14.5. The third-order valence-corrected chi connectivity index (χ3v) is 4.55. The molecule has 2 aromatic rings. The molecule has 0 saturated carbocycles. The first-order valence-corrected chi connectivity index (χ1v) is 8.47. The van der Waals surface area contributed by atoms with E-state index in [-0.39, 0.29) is 17.8 Å². The van der Waals surface area contributed by atoms with E-state index >= 15 is 0 Å². The fourth-order valence-corrected chi connectivity index (χ4v) is 3.01. The van der Waals surface area contributed by atoms with Gasteiger partial charge in [0.25, 0.3) is 0 Å². The van der Waals surface area contributed by atoms with Crippen LogP contribution in [0.2, 0.25) is 0 Å². The van der Waals surface area contributed by atoms with Gasteiger partial charge >= 0.3 is 0 Å². The van der Waals surface area contributed by atoms with Gasteiger partial charge in [-0.2, -0.15) is 0 Å². The van der Waals surface area contributed by atoms with Crippen molar-refractivity contribution in [3.8, 4) is 0 Å². The number of amides is 1. The molecule has 0 unspecified atom stereocenters. The number of anilines is 1. The smallest absolute Gasteiger partial charge is 0.237 e. The summed E-state index contributed by atoms with van der Waals surface area (Å²) in [6, 6.07) is 8.14. The zero-order valence-electron chi connectivity index (χ0n) is 14.5. The molecule has 1 atom stereocenters. The van der Waals surface area contributed by atoms with Crippen LogP contribution in [0.4, 0.5) is 10.1 Å². The Bertz CT molecular complexity index is 708. The molecule has 3 rings (SSSR count). The van der Waals surface area contributed by atoms with E-state index in [1.165, 1.54) is 12.1 Å². The second-order valence-corrected chi connectivity index (χ2v) is 6.33. The summed E-state index contributed by atoms with van der Waals surface area (Å²) in [5.41, 5.74) is 1.81. The van der Waals surface area contributed by atoms with Crippen LogP contribution in [0, 0.1) is 12.7 Å². The molecule has 1 aliphatic rings. The number of benzene rings is 1. The summed E-state index contributed by atoms with van der Waals surface area (Å²) in [6.07, 6.45) is 0. The average molecular weight is 346 g/mol. The number of halogens is 1. The molecule has 2 heterocycles. The molecular weight excluding hydrogens is 323 g/mol. The lowest BCUT2D eigenvalue weighted by Crippen LogP contribution is -2.53. The lowest BCUT2D eigenvalue weighted by atomic mass is 10.2. The monoisotopic (exact) mass is 346 g/mol. The lowest BCUT2D eigenvalue weighted by molar-refractivity contribution is -0.126. The summed E-state index contributed by atoms with van der Waals surface area (Å²) < 4.78 is 18.1. The third-order valence-electron chi connectivity index (χ3n) is 4.55. The molecule has 134 valence electrons. The van der Waals surface area contributed by atoms with Crippen molar-refractivity contribution in [3.05, 3.63) is 47.6 Å². The third kappa shape index (κ3) is 4.36. The predicted octanol–water partition coefficient (Wildman–Crippen LogP) is 1.95. The summed E-state index contributed by atoms with van der Waals surface area (Å²) in [7, 11) is 0. The molecule has 25 heavy (non-hydrogen) atoms. The minimum Gasteiger partial charge on any atom is -0.369 e. The fourth-order valence-electron chi connectivity index (χ4n) is 3.01. The highest BCUT2D eigenvalue weighted by molar-refractivity contribution is 5.81. The van der Waals surface area contributed by atoms with Crippen molar-refractivity contribution in [2.24, 2.45) is 0 Å². The molecule has 1 aliphatic heterocycles. The number of carbonyl (C=O) groups is 1. The van der Waals surface area contributed by atoms with Crippen LogP contribution >= 0.6 is 0 Å². The molecule has 1 aromatic heterocycles. The van der Waals surface area contributed by atoms with Crippen molar-refractivity contribution < 1.29 is 13.7 Å². The normalized spacial score (nSPS) is 16.7. The summed E-state index contributed by atoms with van der Waals surface area (Å²) in [5.74, 6) is 0.401. The van der Waals surface area contributed by atoms with Crippen LogP contribution in [0.15, 0.2) is 34.9 Å². The maximum atomic E-state index is 13.0. The average Bonchev–Trinajstić information content (AvgIpc) is 3.05. The molecule has 1 aromatic carbocycles. The Labute approximate surface area is 146 Å². The Morgan fingerprint density at radius 2 is 1.96 bits per heavy atom. The van der Waals surface area contributed by atoms with Gasteiger partial charge in [-0.25, -0.2) is 4.39 Å². The van der Waals surface area contributed by atoms with E-state index in [9.17, 15) is 9.18 Å². The van der Waals surface area contributed by atoms with Crippen molar-refractivity contribution in [3.63, 3.8) is 0 Å². The van der Waals surface area contributed by atoms with Crippen molar-refractivity contribution in [1.82, 2.24) is 15.4 Å². The number of aromatic nitrogens is 1. The predicted molar refractivity (Wildman–Crippen MR) is 92.7 cm³/mol. The van der Waals surface area contributed by atoms with Gasteiger partial charge in [0.05, 0.1) is 18.3 Å². The lowest BCUT2D eigenvalue weighted by Gasteiger charge is -2.38. The van der Waals surface area contributed by atoms with Gasteiger partial charge in [-0.15, -0.1) is 0 Å². The quantitative estimate of drug-likeness (QED) is 0.897. The van der Waals surface area contributed by atoms with E-state index < -0.39 is 0 Å². The molecule has 0 radical (unpaired) electrons. The number of aryl methyl sites for hydroxylation is 1. The first-order chi connectivity index (χ1) is 12.0. The van der Waals surface area contributed by atoms with Gasteiger partial charge < -0.3 is 14.7 Å². The van der Waals surface area contributed by atoms with E-state index in [0.29, 0.717) is 12.3 Å². The van der Waals surface area contributed by atoms with Crippen molar-refractivity contribution in [2.75, 3.05) is 31.1 Å². The number of hydrogen-bond donors (Lipinski definition) is 1. The summed E-state index contributed by atoms with van der Waals surface area (Å²) in [4.78, 5) is 16.7. The Hall–Kier alpha value is -2.41. The molecule has 1 amide bonds. The molecular formula is C18H23FN4O2. The first kappa shape index (κ1) is 17.4. The molecule has 1 saturated heterocycles. The second-order valence-electron chi connectivity index (χ2n) is 6.33. The summed E-state index contributed by atoms with van der Waals surface area (Å²) >= 11 is 0. The van der Waals surface area contributed by atoms with Gasteiger partial charge in [-0.05, 0) is 38.1 Å². The van der Waals surface area contributed by atoms with Crippen LogP contribution in [0.5, 0.6) is 0 Å². The van der Waals surface area contributed by atoms with Gasteiger partial charge in [0.2, 0.25) is 5.91 Å². The van der Waals surface area contributed by atoms with Gasteiger partial charge in [0.1, 0.15) is 5.82 Å². The summed E-state index contributed by atoms with van der Waals surface area (Å²) in [5, 5.41) is 6.69. The number of hydrogen-bond acceptors (Lipinski definition) is 5. The standard InChI is InChI=1S/C18H23FN4O2/c1-13-11-17(25-21-13)12-20-18(24)14(2)22-7-9-23(10-8-22)16-5-3-15(19)4-6-16/h3-6,11,14H,7-10,12H2,1-2H3,(H,20,24)/t14-/m0/s1. The van der Waals surface area contributed by atoms with E-state index in [1.54, 1.807) is 12.1 Å². The zero-order chi connectivity index (χ0) is 17.8. The molecule has 1 fully saturated rings. The van der Waals surface area contributed by atoms with Crippen LogP contribution in [0.1, 0.15) is 18.4 Å². The number of rotatable bonds is 5. The molecule has 1 N–H and O–H groups in total. The van der Waals surface area contributed by atoms with Crippen LogP contribution < -0.4 is 10.2 Å². The largest absolute Gasteiger partial charge is 0.369 e. The highest BCUT2D eigenvalue weighted by Crippen LogP contribution is 2.17. The van der Waals surface area contributed by atoms with Gasteiger partial charge in [-0.3, -0.25) is 9.69 Å². The van der Waals surface area contributed by atoms with E-state index in [2.05, 4.69) is 20.3 Å². The van der Waals surface area contributed by atoms with Crippen molar-refractivity contribution in [2.45, 2.75) is 26.4 Å². The number of piperazine rings is 1. The highest BCUT2D eigenvalue weighted by Gasteiger charge is 2.25. The molecule has 0 spiro atoms. The Morgan fingerprint density at radius 3 is 2.56 bits per heavy atom. The minimum atomic E-state index is -0.227. The topological polar surface area (TPSA) is 61.6 Å². The molecule has 0 aliphatic carbocycles. The first-order valence-electron chi connectivity index (χ1n) is 8.47. The number of nitrogens with zero attached hydrogens (tertiary/aromatic N) is 3. The van der Waals surface area contributed by atoms with Crippen molar-refractivity contribution >= 4 is 11.6 Å². The second kappa shape index (κ2) is 7.65. The van der Waals surface area contributed by atoms with Crippen molar-refractivity contribution in [1.29, 1.82) is 0 Å². The van der Waals surface area contributed by atoms with Crippen LogP contribution in [0.25, 0.3) is 0 Å². The van der Waals surface area contributed by atoms with Crippen LogP contribution in [0.3, 0.4) is 0 Å².